The topological polar surface area (TPSA) is 80.0 Å². The minimum absolute atomic E-state index is 0.0885. The third-order valence-corrected chi connectivity index (χ3v) is 1.63. The van der Waals surface area contributed by atoms with Crippen LogP contribution in [0.4, 0.5) is 0 Å². The Hall–Kier alpha value is -1.93. The molecule has 0 atom stereocenters. The minimum atomic E-state index is -1.28. The summed E-state index contributed by atoms with van der Waals surface area (Å²) in [5.41, 5.74) is -0.0885. The third-order valence-electron chi connectivity index (χ3n) is 1.33. The van der Waals surface area contributed by atoms with Crippen LogP contribution in [0, 0.1) is 11.5 Å². The van der Waals surface area contributed by atoms with Crippen molar-refractivity contribution < 1.29 is 14.3 Å². The van der Waals surface area contributed by atoms with E-state index < -0.39 is 11.8 Å². The van der Waals surface area contributed by atoms with Crippen molar-refractivity contribution in [1.82, 2.24) is 4.98 Å². The highest BCUT2D eigenvalue weighted by molar-refractivity contribution is 6.45. The molecule has 5 nitrogen and oxygen atoms in total. The smallest absolute Gasteiger partial charge is 0.344 e. The number of hydrogen-bond acceptors (Lipinski definition) is 5. The van der Waals surface area contributed by atoms with Gasteiger partial charge in [-0.2, -0.15) is 0 Å². The van der Waals surface area contributed by atoms with E-state index in [1.54, 1.807) is 0 Å². The Balaban J connectivity index is 2.97. The van der Waals surface area contributed by atoms with Gasteiger partial charge in [0.15, 0.2) is 0 Å². The highest BCUT2D eigenvalue weighted by atomic mass is 35.5. The van der Waals surface area contributed by atoms with E-state index in [1.807, 2.05) is 0 Å². The van der Waals surface area contributed by atoms with Gasteiger partial charge in [-0.25, -0.2) is 9.78 Å². The van der Waals surface area contributed by atoms with Crippen LogP contribution in [0.15, 0.2) is 18.3 Å². The number of hydrogen-bond donors (Lipinski definition) is 0. The highest BCUT2D eigenvalue weighted by Gasteiger charge is 2.21. The number of esters is 1. The fourth-order valence-corrected chi connectivity index (χ4v) is 0.958. The van der Waals surface area contributed by atoms with Crippen molar-refractivity contribution in [3.05, 3.63) is 29.0 Å². The maximum atomic E-state index is 11.2. The van der Waals surface area contributed by atoms with Gasteiger partial charge >= 0.3 is 5.97 Å². The van der Waals surface area contributed by atoms with Gasteiger partial charge < -0.3 is 4.74 Å². The number of nitriles is 1. The van der Waals surface area contributed by atoms with E-state index >= 15 is 0 Å². The number of carbonyl (C=O) groups excluding carboxylic acids is 2. The molecule has 14 heavy (non-hydrogen) atoms. The number of nitrogens with zero attached hydrogens (tertiary/aromatic N) is 2. The lowest BCUT2D eigenvalue weighted by molar-refractivity contribution is -0.131. The molecular weight excluding hydrogens is 208 g/mol. The van der Waals surface area contributed by atoms with E-state index in [-0.39, 0.29) is 10.7 Å². The normalized spacial score (nSPS) is 8.86. The summed E-state index contributed by atoms with van der Waals surface area (Å²) in [6.07, 6.45) is 2.47. The van der Waals surface area contributed by atoms with Gasteiger partial charge in [-0.05, 0) is 12.1 Å². The fraction of sp³-hybridized carbons (Fsp3) is 0. The third kappa shape index (κ3) is 2.06. The van der Waals surface area contributed by atoms with Crippen LogP contribution in [-0.4, -0.2) is 16.7 Å². The summed E-state index contributed by atoms with van der Waals surface area (Å²) in [5, 5.41) is 7.90. The van der Waals surface area contributed by atoms with Crippen molar-refractivity contribution in [2.75, 3.05) is 0 Å². The van der Waals surface area contributed by atoms with Gasteiger partial charge in [0.05, 0.1) is 5.56 Å². The monoisotopic (exact) mass is 210 g/mol. The van der Waals surface area contributed by atoms with Crippen molar-refractivity contribution in [2.24, 2.45) is 0 Å². The molecular formula is C8H3ClN2O3. The Kier molecular flexibility index (Phi) is 3.15. The Morgan fingerprint density at radius 3 is 2.86 bits per heavy atom. The second-order valence-electron chi connectivity index (χ2n) is 2.15. The van der Waals surface area contributed by atoms with Gasteiger partial charge in [-0.3, -0.25) is 4.79 Å². The standard InChI is InChI=1S/C8H3ClN2O3/c9-7-5(2-1-3-11-7)6(12)8(13)14-4-10/h1-3H. The van der Waals surface area contributed by atoms with Crippen LogP contribution in [0.1, 0.15) is 10.4 Å². The molecule has 0 bridgehead atoms. The van der Waals surface area contributed by atoms with Gasteiger partial charge in [0.1, 0.15) is 5.15 Å². The second-order valence-corrected chi connectivity index (χ2v) is 2.51. The first-order valence-corrected chi connectivity index (χ1v) is 3.79. The van der Waals surface area contributed by atoms with Gasteiger partial charge in [0, 0.05) is 6.20 Å². The van der Waals surface area contributed by atoms with Crippen LogP contribution in [0.5, 0.6) is 0 Å². The number of rotatable bonds is 2. The summed E-state index contributed by atoms with van der Waals surface area (Å²) in [6.45, 7) is 0. The Morgan fingerprint density at radius 1 is 1.57 bits per heavy atom. The zero-order chi connectivity index (χ0) is 10.6. The number of pyridine rings is 1. The molecule has 0 fully saturated rings. The van der Waals surface area contributed by atoms with Crippen molar-refractivity contribution in [3.8, 4) is 6.26 Å². The minimum Gasteiger partial charge on any atom is -0.344 e. The molecule has 1 aromatic rings. The van der Waals surface area contributed by atoms with Crippen LogP contribution in [0.2, 0.25) is 5.15 Å². The summed E-state index contributed by atoms with van der Waals surface area (Å²) < 4.78 is 3.84. The summed E-state index contributed by atoms with van der Waals surface area (Å²) >= 11 is 5.54. The molecule has 1 aromatic heterocycles. The van der Waals surface area contributed by atoms with Crippen molar-refractivity contribution in [2.45, 2.75) is 0 Å². The zero-order valence-corrected chi connectivity index (χ0v) is 7.49. The van der Waals surface area contributed by atoms with Gasteiger partial charge in [-0.1, -0.05) is 11.6 Å². The van der Waals surface area contributed by atoms with E-state index in [1.165, 1.54) is 18.3 Å². The first-order valence-electron chi connectivity index (χ1n) is 3.42. The molecule has 70 valence electrons. The number of Topliss-reactive ketones (excluding diaryl/α,β-unsaturated/α-hetero) is 1. The maximum absolute atomic E-state index is 11.2. The van der Waals surface area contributed by atoms with Gasteiger partial charge in [-0.15, -0.1) is 5.26 Å². The molecule has 0 aliphatic carbocycles. The number of ether oxygens (including phenoxy) is 1. The lowest BCUT2D eigenvalue weighted by atomic mass is 10.2. The first kappa shape index (κ1) is 10.2. The van der Waals surface area contributed by atoms with Gasteiger partial charge in [0.2, 0.25) is 0 Å². The van der Waals surface area contributed by atoms with Crippen LogP contribution in [0.25, 0.3) is 0 Å². The Morgan fingerprint density at radius 2 is 2.29 bits per heavy atom. The highest BCUT2D eigenvalue weighted by Crippen LogP contribution is 2.12. The summed E-state index contributed by atoms with van der Waals surface area (Å²) in [7, 11) is 0. The predicted molar refractivity (Wildman–Crippen MR) is 45.3 cm³/mol. The summed E-state index contributed by atoms with van der Waals surface area (Å²) in [4.78, 5) is 25.6. The van der Waals surface area contributed by atoms with Crippen LogP contribution >= 0.6 is 11.6 Å². The van der Waals surface area contributed by atoms with Crippen LogP contribution in [0.3, 0.4) is 0 Å². The second kappa shape index (κ2) is 4.35. The molecule has 0 saturated carbocycles. The molecule has 0 aliphatic rings. The largest absolute Gasteiger partial charge is 0.395 e. The molecule has 1 rings (SSSR count). The lowest BCUT2D eigenvalue weighted by Crippen LogP contribution is -2.16. The molecule has 0 spiro atoms. The Bertz CT molecular complexity index is 425. The van der Waals surface area contributed by atoms with Crippen LogP contribution < -0.4 is 0 Å². The van der Waals surface area contributed by atoms with E-state index in [0.29, 0.717) is 0 Å². The number of aromatic nitrogens is 1. The first-order chi connectivity index (χ1) is 6.66. The average molecular weight is 211 g/mol. The van der Waals surface area contributed by atoms with Crippen LogP contribution in [-0.2, 0) is 9.53 Å². The van der Waals surface area contributed by atoms with E-state index in [9.17, 15) is 9.59 Å². The molecule has 0 N–H and O–H groups in total. The average Bonchev–Trinajstić information content (AvgIpc) is 2.18. The molecule has 0 radical (unpaired) electrons. The predicted octanol–water partition coefficient (Wildman–Crippen LogP) is 0.942. The Labute approximate surface area is 83.9 Å². The van der Waals surface area contributed by atoms with E-state index in [0.717, 1.165) is 6.26 Å². The van der Waals surface area contributed by atoms with Crippen molar-refractivity contribution in [1.29, 1.82) is 5.26 Å². The summed E-state index contributed by atoms with van der Waals surface area (Å²) in [5.74, 6) is -2.27. The summed E-state index contributed by atoms with van der Waals surface area (Å²) in [6, 6.07) is 2.76. The molecule has 1 heterocycles. The number of carbonyl (C=O) groups is 2. The van der Waals surface area contributed by atoms with Crippen molar-refractivity contribution >= 4 is 23.4 Å². The molecule has 0 aromatic carbocycles. The molecule has 0 amide bonds. The number of halogens is 1. The van der Waals surface area contributed by atoms with Gasteiger partial charge in [0.25, 0.3) is 12.0 Å². The molecule has 0 unspecified atom stereocenters. The molecule has 0 saturated heterocycles. The zero-order valence-electron chi connectivity index (χ0n) is 6.73. The fourth-order valence-electron chi connectivity index (χ4n) is 0.753. The quantitative estimate of drug-likeness (QED) is 0.239. The van der Waals surface area contributed by atoms with Crippen molar-refractivity contribution in [3.63, 3.8) is 0 Å². The molecule has 0 aliphatic heterocycles. The number of ketones is 1. The lowest BCUT2D eigenvalue weighted by Gasteiger charge is -1.97. The van der Waals surface area contributed by atoms with E-state index in [4.69, 9.17) is 16.9 Å². The molecule has 6 heteroatoms. The van der Waals surface area contributed by atoms with E-state index in [2.05, 4.69) is 9.72 Å². The SMILES string of the molecule is N#COC(=O)C(=O)c1cccnc1Cl. The maximum Gasteiger partial charge on any atom is 0.395 e.